The lowest BCUT2D eigenvalue weighted by Gasteiger charge is -2.12. The summed E-state index contributed by atoms with van der Waals surface area (Å²) in [7, 11) is 0. The van der Waals surface area contributed by atoms with Gasteiger partial charge in [0, 0.05) is 39.7 Å². The molecule has 300 valence electrons. The molecular formula is C47H28ClN7O7. The van der Waals surface area contributed by atoms with Crippen LogP contribution in [0.25, 0.3) is 32.7 Å². The number of non-ortho nitro benzene ring substituents is 1. The van der Waals surface area contributed by atoms with Gasteiger partial charge < -0.3 is 20.8 Å². The van der Waals surface area contributed by atoms with Crippen molar-refractivity contribution in [3.63, 3.8) is 0 Å². The van der Waals surface area contributed by atoms with Gasteiger partial charge in [-0.05, 0) is 76.5 Å². The number of hydrogen-bond donors (Lipinski definition) is 4. The molecule has 0 bridgehead atoms. The summed E-state index contributed by atoms with van der Waals surface area (Å²) in [4.78, 5) is 51.3. The summed E-state index contributed by atoms with van der Waals surface area (Å²) in [6.07, 6.45) is 0. The minimum Gasteiger partial charge on any atom is -0.505 e. The number of amides is 2. The lowest BCUT2D eigenvalue weighted by molar-refractivity contribution is -0.384. The Labute approximate surface area is 355 Å². The number of nitro groups is 1. The van der Waals surface area contributed by atoms with E-state index in [4.69, 9.17) is 11.6 Å². The highest BCUT2D eigenvalue weighted by Crippen LogP contribution is 2.44. The van der Waals surface area contributed by atoms with Crippen molar-refractivity contribution < 1.29 is 29.5 Å². The van der Waals surface area contributed by atoms with E-state index in [1.54, 1.807) is 115 Å². The molecule has 0 saturated carbocycles. The van der Waals surface area contributed by atoms with Crippen LogP contribution in [0.2, 0.25) is 5.02 Å². The summed E-state index contributed by atoms with van der Waals surface area (Å²) in [6, 6.07) is 39.2. The predicted octanol–water partition coefficient (Wildman–Crippen LogP) is 12.5. The number of nitrogens with one attached hydrogen (secondary N) is 2. The molecule has 0 aliphatic heterocycles. The maximum Gasteiger partial charge on any atom is 0.271 e. The monoisotopic (exact) mass is 837 g/mol. The number of phenols is 2. The van der Waals surface area contributed by atoms with Crippen LogP contribution in [0, 0.1) is 10.1 Å². The minimum absolute atomic E-state index is 0.00276. The van der Waals surface area contributed by atoms with Crippen LogP contribution in [0.1, 0.15) is 36.6 Å². The van der Waals surface area contributed by atoms with E-state index in [0.29, 0.717) is 65.9 Å². The van der Waals surface area contributed by atoms with Gasteiger partial charge in [0.25, 0.3) is 17.5 Å². The quantitative estimate of drug-likeness (QED) is 0.0627. The van der Waals surface area contributed by atoms with Crippen molar-refractivity contribution in [2.45, 2.75) is 0 Å². The fourth-order valence-corrected chi connectivity index (χ4v) is 7.41. The molecule has 4 N–H and O–H groups in total. The van der Waals surface area contributed by atoms with E-state index >= 15 is 0 Å². The first-order valence-corrected chi connectivity index (χ1v) is 19.2. The molecular weight excluding hydrogens is 810 g/mol. The van der Waals surface area contributed by atoms with Crippen molar-refractivity contribution >= 4 is 90.6 Å². The molecule has 14 nitrogen and oxygen atoms in total. The number of hydrogen-bond acceptors (Lipinski definition) is 11. The zero-order valence-corrected chi connectivity index (χ0v) is 32.7. The molecule has 0 unspecified atom stereocenters. The Morgan fingerprint density at radius 3 is 1.63 bits per heavy atom. The van der Waals surface area contributed by atoms with Gasteiger partial charge in [-0.25, -0.2) is 0 Å². The van der Waals surface area contributed by atoms with E-state index in [1.165, 1.54) is 30.3 Å². The second kappa shape index (κ2) is 15.9. The van der Waals surface area contributed by atoms with Crippen LogP contribution in [0.3, 0.4) is 0 Å². The molecule has 9 rings (SSSR count). The minimum atomic E-state index is -0.722. The number of azo groups is 2. The molecule has 1 aliphatic carbocycles. The van der Waals surface area contributed by atoms with Gasteiger partial charge in [0.15, 0.2) is 17.3 Å². The van der Waals surface area contributed by atoms with Crippen LogP contribution in [0.4, 0.5) is 39.8 Å². The number of para-hydroxylation sites is 1. The van der Waals surface area contributed by atoms with E-state index in [1.807, 2.05) is 0 Å². The molecule has 0 saturated heterocycles. The normalized spacial score (nSPS) is 11.9. The number of benzene rings is 8. The number of aromatic hydroxyl groups is 2. The van der Waals surface area contributed by atoms with Crippen LogP contribution in [0.15, 0.2) is 166 Å². The highest BCUT2D eigenvalue weighted by atomic mass is 35.5. The molecule has 15 heteroatoms. The van der Waals surface area contributed by atoms with E-state index < -0.39 is 22.5 Å². The van der Waals surface area contributed by atoms with Crippen LogP contribution in [-0.4, -0.2) is 32.7 Å². The predicted molar refractivity (Wildman–Crippen MR) is 235 cm³/mol. The summed E-state index contributed by atoms with van der Waals surface area (Å²) in [5.41, 5.74) is 2.84. The molecule has 8 aromatic rings. The number of nitrogens with zero attached hydrogens (tertiary/aromatic N) is 5. The number of halogens is 1. The van der Waals surface area contributed by atoms with Crippen molar-refractivity contribution in [2.75, 3.05) is 10.6 Å². The van der Waals surface area contributed by atoms with Gasteiger partial charge in [0.05, 0.1) is 38.1 Å². The zero-order valence-electron chi connectivity index (χ0n) is 31.9. The summed E-state index contributed by atoms with van der Waals surface area (Å²) in [5.74, 6) is -2.47. The van der Waals surface area contributed by atoms with Gasteiger partial charge in [-0.2, -0.15) is 10.2 Å². The summed E-state index contributed by atoms with van der Waals surface area (Å²) in [6.45, 7) is 0. The van der Waals surface area contributed by atoms with E-state index in [0.717, 1.165) is 0 Å². The number of phenolic OH excluding ortho intramolecular Hbond substituents is 2. The Morgan fingerprint density at radius 2 is 1.08 bits per heavy atom. The number of carbonyl (C=O) groups excluding carboxylic acids is 3. The van der Waals surface area contributed by atoms with E-state index in [2.05, 4.69) is 31.1 Å². The zero-order chi connectivity index (χ0) is 43.1. The topological polar surface area (TPSA) is 208 Å². The molecule has 0 aromatic heterocycles. The fourth-order valence-electron chi connectivity index (χ4n) is 7.23. The molecule has 0 atom stereocenters. The maximum absolute atomic E-state index is 13.9. The third-order valence-electron chi connectivity index (χ3n) is 10.2. The number of nitro benzene ring substituents is 1. The van der Waals surface area contributed by atoms with E-state index in [9.17, 15) is 34.7 Å². The standard InChI is InChI=1S/C47H28ClN7O7/c48-39-14-5-6-15-40(39)50-47(60)38-21-26-9-2-4-13-32(26)42(45(38)58)54-52-29-17-19-34-33-18-16-28(23-35(33)43(56)36(34)24-29)51-53-41-31-12-3-1-8-25(31)20-37(44(41)57)46(59)49-27-10-7-11-30(22-27)55(61)62/h1-24,57-58H,(H,49,59)(H,50,60). The molecule has 0 spiro atoms. The molecule has 8 aromatic carbocycles. The highest BCUT2D eigenvalue weighted by Gasteiger charge is 2.28. The average Bonchev–Trinajstić information content (AvgIpc) is 3.55. The van der Waals surface area contributed by atoms with Gasteiger partial charge >= 0.3 is 0 Å². The second-order valence-electron chi connectivity index (χ2n) is 14.1. The Hall–Kier alpha value is -8.62. The Kier molecular flexibility index (Phi) is 9.94. The van der Waals surface area contributed by atoms with Gasteiger partial charge in [0.2, 0.25) is 0 Å². The summed E-state index contributed by atoms with van der Waals surface area (Å²) >= 11 is 6.25. The number of anilines is 2. The maximum atomic E-state index is 13.9. The third kappa shape index (κ3) is 7.22. The van der Waals surface area contributed by atoms with Crippen LogP contribution in [0.5, 0.6) is 11.5 Å². The molecule has 2 amide bonds. The van der Waals surface area contributed by atoms with Crippen LogP contribution in [-0.2, 0) is 0 Å². The number of rotatable bonds is 9. The third-order valence-corrected chi connectivity index (χ3v) is 10.6. The smallest absolute Gasteiger partial charge is 0.271 e. The van der Waals surface area contributed by atoms with Gasteiger partial charge in [0.1, 0.15) is 11.4 Å². The van der Waals surface area contributed by atoms with Crippen molar-refractivity contribution in [2.24, 2.45) is 20.5 Å². The first-order chi connectivity index (χ1) is 30.0. The first kappa shape index (κ1) is 38.9. The SMILES string of the molecule is O=C1c2cc(N=Nc3c(O)c(C(=O)Nc4cccc([N+](=O)[O-])c4)cc4ccccc34)ccc2-c2ccc(N=Nc3c(O)c(C(=O)Nc4ccccc4Cl)cc4ccccc34)cc21. The lowest BCUT2D eigenvalue weighted by atomic mass is 10.0. The van der Waals surface area contributed by atoms with Gasteiger partial charge in [-0.1, -0.05) is 90.5 Å². The molecule has 0 fully saturated rings. The largest absolute Gasteiger partial charge is 0.505 e. The Balaban J connectivity index is 0.989. The Morgan fingerprint density at radius 1 is 0.565 bits per heavy atom. The van der Waals surface area contributed by atoms with Crippen molar-refractivity contribution in [1.29, 1.82) is 0 Å². The molecule has 0 radical (unpaired) electrons. The number of carbonyl (C=O) groups is 3. The van der Waals surface area contributed by atoms with Crippen molar-refractivity contribution in [1.82, 2.24) is 0 Å². The van der Waals surface area contributed by atoms with Crippen molar-refractivity contribution in [3.05, 3.63) is 183 Å². The summed E-state index contributed by atoms with van der Waals surface area (Å²) in [5, 5.41) is 59.3. The molecule has 0 heterocycles. The van der Waals surface area contributed by atoms with Gasteiger partial charge in [-0.15, -0.1) is 10.2 Å². The van der Waals surface area contributed by atoms with Crippen molar-refractivity contribution in [3.8, 4) is 22.6 Å². The molecule has 62 heavy (non-hydrogen) atoms. The number of ketones is 1. The molecule has 1 aliphatic rings. The van der Waals surface area contributed by atoms with Gasteiger partial charge in [-0.3, -0.25) is 24.5 Å². The van der Waals surface area contributed by atoms with E-state index in [-0.39, 0.29) is 45.4 Å². The Bertz CT molecular complexity index is 3300. The van der Waals surface area contributed by atoms with Crippen LogP contribution < -0.4 is 10.6 Å². The first-order valence-electron chi connectivity index (χ1n) is 18.8. The average molecular weight is 838 g/mol. The fraction of sp³-hybridized carbons (Fsp3) is 0. The number of fused-ring (bicyclic) bond motifs is 5. The summed E-state index contributed by atoms with van der Waals surface area (Å²) < 4.78 is 0. The second-order valence-corrected chi connectivity index (χ2v) is 14.5. The highest BCUT2D eigenvalue weighted by molar-refractivity contribution is 6.34. The van der Waals surface area contributed by atoms with Crippen LogP contribution >= 0.6 is 11.6 Å². The lowest BCUT2D eigenvalue weighted by Crippen LogP contribution is -2.12.